The first-order chi connectivity index (χ1) is 16.0. The first kappa shape index (κ1) is 22.6. The number of ether oxygens (including phenoxy) is 1. The van der Waals surface area contributed by atoms with Crippen molar-refractivity contribution in [1.82, 2.24) is 15.2 Å². The molecule has 0 saturated carbocycles. The average Bonchev–Trinajstić information content (AvgIpc) is 2.84. The Morgan fingerprint density at radius 2 is 1.79 bits per heavy atom. The molecule has 0 radical (unpaired) electrons. The summed E-state index contributed by atoms with van der Waals surface area (Å²) in [6.45, 7) is 1.25. The van der Waals surface area contributed by atoms with Crippen LogP contribution in [0.15, 0.2) is 54.6 Å². The van der Waals surface area contributed by atoms with Crippen molar-refractivity contribution in [2.45, 2.75) is 25.3 Å². The van der Waals surface area contributed by atoms with E-state index in [0.717, 1.165) is 40.9 Å². The number of pyridine rings is 1. The van der Waals surface area contributed by atoms with Gasteiger partial charge in [0.15, 0.2) is 0 Å². The van der Waals surface area contributed by atoms with E-state index in [2.05, 4.69) is 10.3 Å². The number of piperidine rings is 1. The number of likely N-dealkylation sites (tertiary alicyclic amines) is 1. The van der Waals surface area contributed by atoms with E-state index in [9.17, 15) is 9.59 Å². The van der Waals surface area contributed by atoms with E-state index in [1.54, 1.807) is 7.11 Å². The highest BCUT2D eigenvalue weighted by Crippen LogP contribution is 2.23. The normalized spacial score (nSPS) is 14.2. The quantitative estimate of drug-likeness (QED) is 0.629. The van der Waals surface area contributed by atoms with Crippen LogP contribution >= 0.6 is 0 Å². The fraction of sp³-hybridized carbons (Fsp3) is 0.346. The highest BCUT2D eigenvalue weighted by molar-refractivity contribution is 6.07. The number of hydrogen-bond acceptors (Lipinski definition) is 5. The molecule has 2 amide bonds. The number of rotatable bonds is 6. The predicted molar refractivity (Wildman–Crippen MR) is 130 cm³/mol. The second-order valence-electron chi connectivity index (χ2n) is 8.56. The Bertz CT molecular complexity index is 1150. The summed E-state index contributed by atoms with van der Waals surface area (Å²) in [7, 11) is 5.44. The number of aromatic nitrogens is 1. The van der Waals surface area contributed by atoms with Crippen LogP contribution in [0.1, 0.15) is 28.8 Å². The maximum atomic E-state index is 13.2. The monoisotopic (exact) mass is 446 g/mol. The summed E-state index contributed by atoms with van der Waals surface area (Å²) < 4.78 is 5.36. The lowest BCUT2D eigenvalue weighted by atomic mass is 10.0. The van der Waals surface area contributed by atoms with Gasteiger partial charge in [-0.3, -0.25) is 9.59 Å². The molecule has 7 heteroatoms. The van der Waals surface area contributed by atoms with Gasteiger partial charge in [-0.25, -0.2) is 4.98 Å². The Kier molecular flexibility index (Phi) is 6.77. The fourth-order valence-electron chi connectivity index (χ4n) is 4.24. The number of benzene rings is 2. The summed E-state index contributed by atoms with van der Waals surface area (Å²) >= 11 is 0. The molecule has 1 fully saturated rings. The minimum absolute atomic E-state index is 0.0301. The number of para-hydroxylation sites is 2. The molecule has 0 unspecified atom stereocenters. The standard InChI is InChI=1S/C26H30N4O3/c1-29(2)24-17-21(20-9-5-6-10-22(20)28-24)26(32)27-19-12-14-30(15-13-19)25(31)16-18-8-4-7-11-23(18)33-3/h4-11,17,19H,12-16H2,1-3H3,(H,27,32). The van der Waals surface area contributed by atoms with Crippen molar-refractivity contribution < 1.29 is 14.3 Å². The van der Waals surface area contributed by atoms with E-state index < -0.39 is 0 Å². The molecule has 1 aromatic heterocycles. The summed E-state index contributed by atoms with van der Waals surface area (Å²) in [4.78, 5) is 34.4. The Morgan fingerprint density at radius 3 is 2.52 bits per heavy atom. The smallest absolute Gasteiger partial charge is 0.252 e. The van der Waals surface area contributed by atoms with Crippen molar-refractivity contribution in [2.24, 2.45) is 0 Å². The van der Waals surface area contributed by atoms with E-state index in [0.29, 0.717) is 25.1 Å². The van der Waals surface area contributed by atoms with Crippen LogP contribution in [0.25, 0.3) is 10.9 Å². The molecule has 2 heterocycles. The molecule has 7 nitrogen and oxygen atoms in total. The molecule has 3 aromatic rings. The van der Waals surface area contributed by atoms with Gasteiger partial charge in [-0.05, 0) is 31.0 Å². The molecule has 1 N–H and O–H groups in total. The summed E-state index contributed by atoms with van der Waals surface area (Å²) in [6.07, 6.45) is 1.78. The number of amides is 2. The lowest BCUT2D eigenvalue weighted by Crippen LogP contribution is -2.47. The number of nitrogens with one attached hydrogen (secondary N) is 1. The van der Waals surface area contributed by atoms with Crippen LogP contribution in [0.4, 0.5) is 5.82 Å². The van der Waals surface area contributed by atoms with Crippen LogP contribution in [-0.4, -0.2) is 62.0 Å². The van der Waals surface area contributed by atoms with E-state index in [1.165, 1.54) is 0 Å². The van der Waals surface area contributed by atoms with Gasteiger partial charge < -0.3 is 19.9 Å². The van der Waals surface area contributed by atoms with Crippen molar-refractivity contribution in [2.75, 3.05) is 39.2 Å². The van der Waals surface area contributed by atoms with Crippen LogP contribution < -0.4 is 15.0 Å². The largest absolute Gasteiger partial charge is 0.496 e. The van der Waals surface area contributed by atoms with Gasteiger partial charge in [-0.2, -0.15) is 0 Å². The molecule has 0 aliphatic carbocycles. The molecule has 0 bridgehead atoms. The maximum Gasteiger partial charge on any atom is 0.252 e. The minimum Gasteiger partial charge on any atom is -0.496 e. The highest BCUT2D eigenvalue weighted by Gasteiger charge is 2.25. The van der Waals surface area contributed by atoms with Crippen LogP contribution in [-0.2, 0) is 11.2 Å². The molecule has 0 atom stereocenters. The number of nitrogens with zero attached hydrogens (tertiary/aromatic N) is 3. The molecule has 2 aromatic carbocycles. The van der Waals surface area contributed by atoms with Gasteiger partial charge in [0.1, 0.15) is 11.6 Å². The van der Waals surface area contributed by atoms with Crippen LogP contribution in [0.3, 0.4) is 0 Å². The SMILES string of the molecule is COc1ccccc1CC(=O)N1CCC(NC(=O)c2cc(N(C)C)nc3ccccc23)CC1. The summed E-state index contributed by atoms with van der Waals surface area (Å²) in [6, 6.07) is 17.2. The van der Waals surface area contributed by atoms with Crippen molar-refractivity contribution >= 4 is 28.5 Å². The third-order valence-corrected chi connectivity index (χ3v) is 6.12. The Morgan fingerprint density at radius 1 is 1.09 bits per heavy atom. The average molecular weight is 447 g/mol. The van der Waals surface area contributed by atoms with Crippen LogP contribution in [0, 0.1) is 0 Å². The number of hydrogen-bond donors (Lipinski definition) is 1. The molecular formula is C26H30N4O3. The molecule has 33 heavy (non-hydrogen) atoms. The predicted octanol–water partition coefficient (Wildman–Crippen LogP) is 3.27. The van der Waals surface area contributed by atoms with Crippen molar-refractivity contribution in [3.8, 4) is 5.75 Å². The van der Waals surface area contributed by atoms with Gasteiger partial charge in [0.25, 0.3) is 5.91 Å². The summed E-state index contributed by atoms with van der Waals surface area (Å²) in [5, 5.41) is 4.02. The van der Waals surface area contributed by atoms with Gasteiger partial charge >= 0.3 is 0 Å². The highest BCUT2D eigenvalue weighted by atomic mass is 16.5. The molecule has 1 saturated heterocycles. The van der Waals surface area contributed by atoms with Crippen LogP contribution in [0.2, 0.25) is 0 Å². The third kappa shape index (κ3) is 5.08. The number of carbonyl (C=O) groups excluding carboxylic acids is 2. The van der Waals surface area contributed by atoms with Crippen molar-refractivity contribution in [3.05, 3.63) is 65.7 Å². The van der Waals surface area contributed by atoms with Gasteiger partial charge in [0, 0.05) is 44.2 Å². The topological polar surface area (TPSA) is 74.8 Å². The van der Waals surface area contributed by atoms with E-state index in [4.69, 9.17) is 4.74 Å². The number of anilines is 1. The molecule has 1 aliphatic heterocycles. The van der Waals surface area contributed by atoms with Gasteiger partial charge in [0.05, 0.1) is 24.6 Å². The Balaban J connectivity index is 1.39. The Labute approximate surface area is 194 Å². The van der Waals surface area contributed by atoms with Gasteiger partial charge in [-0.1, -0.05) is 36.4 Å². The fourth-order valence-corrected chi connectivity index (χ4v) is 4.24. The second-order valence-corrected chi connectivity index (χ2v) is 8.56. The molecule has 1 aliphatic rings. The first-order valence-electron chi connectivity index (χ1n) is 11.2. The maximum absolute atomic E-state index is 13.2. The van der Waals surface area contributed by atoms with E-state index in [1.807, 2.05) is 78.5 Å². The van der Waals surface area contributed by atoms with E-state index >= 15 is 0 Å². The van der Waals surface area contributed by atoms with Crippen molar-refractivity contribution in [1.29, 1.82) is 0 Å². The number of carbonyl (C=O) groups is 2. The molecule has 4 rings (SSSR count). The zero-order valence-corrected chi connectivity index (χ0v) is 19.4. The molecule has 172 valence electrons. The minimum atomic E-state index is -0.101. The summed E-state index contributed by atoms with van der Waals surface area (Å²) in [5.41, 5.74) is 2.31. The van der Waals surface area contributed by atoms with E-state index in [-0.39, 0.29) is 17.9 Å². The summed E-state index contributed by atoms with van der Waals surface area (Å²) in [5.74, 6) is 1.46. The molecule has 0 spiro atoms. The zero-order valence-electron chi connectivity index (χ0n) is 19.4. The number of fused-ring (bicyclic) bond motifs is 1. The van der Waals surface area contributed by atoms with Crippen molar-refractivity contribution in [3.63, 3.8) is 0 Å². The van der Waals surface area contributed by atoms with Crippen LogP contribution in [0.5, 0.6) is 5.75 Å². The third-order valence-electron chi connectivity index (χ3n) is 6.12. The zero-order chi connectivity index (χ0) is 23.4. The Hall–Kier alpha value is -3.61. The lowest BCUT2D eigenvalue weighted by Gasteiger charge is -2.32. The second kappa shape index (κ2) is 9.90. The first-order valence-corrected chi connectivity index (χ1v) is 11.2. The van der Waals surface area contributed by atoms with Gasteiger partial charge in [0.2, 0.25) is 5.91 Å². The van der Waals surface area contributed by atoms with Gasteiger partial charge in [-0.15, -0.1) is 0 Å². The lowest BCUT2D eigenvalue weighted by molar-refractivity contribution is -0.131. The molecular weight excluding hydrogens is 416 g/mol. The number of methoxy groups -OCH3 is 1.